The molecule has 0 amide bonds. The Morgan fingerprint density at radius 3 is 1.83 bits per heavy atom. The summed E-state index contributed by atoms with van der Waals surface area (Å²) in [5.41, 5.74) is 11.8. The molecule has 0 nitrogen and oxygen atoms in total. The number of hydrogen-bond donors (Lipinski definition) is 0. The lowest BCUT2D eigenvalue weighted by atomic mass is 9.84. The van der Waals surface area contributed by atoms with E-state index in [9.17, 15) is 0 Å². The Labute approximate surface area is 179 Å². The van der Waals surface area contributed by atoms with Crippen LogP contribution in [0, 0.1) is 6.42 Å². The summed E-state index contributed by atoms with van der Waals surface area (Å²) >= 11 is 0. The molecule has 0 bridgehead atoms. The zero-order chi connectivity index (χ0) is 20.5. The van der Waals surface area contributed by atoms with Crippen molar-refractivity contribution in [2.75, 3.05) is 0 Å². The van der Waals surface area contributed by atoms with Gasteiger partial charge in [-0.2, -0.15) is 0 Å². The van der Waals surface area contributed by atoms with Gasteiger partial charge in [-0.3, -0.25) is 0 Å². The fourth-order valence-electron chi connectivity index (χ4n) is 4.45. The molecule has 0 aromatic heterocycles. The average Bonchev–Trinajstić information content (AvgIpc) is 3.24. The lowest BCUT2D eigenvalue weighted by Gasteiger charge is -2.20. The third kappa shape index (κ3) is 3.29. The number of rotatable bonds is 4. The standard InChI is InChI=1S/C30H25/c1-21(2)26-18-17-24-19-25(22-11-5-3-6-12-22)20-29(24)30(26)28-16-10-9-15-27(28)23-13-7-4-8-14-23/h3-21H,1-2H3. The molecule has 0 heterocycles. The Balaban J connectivity index is 1.75. The lowest BCUT2D eigenvalue weighted by Crippen LogP contribution is -1.98. The van der Waals surface area contributed by atoms with Crippen LogP contribution in [0.4, 0.5) is 0 Å². The molecule has 30 heavy (non-hydrogen) atoms. The molecule has 4 aromatic carbocycles. The molecular weight excluding hydrogens is 360 g/mol. The van der Waals surface area contributed by atoms with Gasteiger partial charge in [0, 0.05) is 6.42 Å². The van der Waals surface area contributed by atoms with Gasteiger partial charge < -0.3 is 0 Å². The maximum atomic E-state index is 2.37. The molecule has 0 fully saturated rings. The minimum Gasteiger partial charge on any atom is -0.0622 e. The molecule has 0 heteroatoms. The number of hydrogen-bond acceptors (Lipinski definition) is 0. The van der Waals surface area contributed by atoms with Gasteiger partial charge in [-0.05, 0) is 62.1 Å². The second-order valence-corrected chi connectivity index (χ2v) is 8.21. The molecule has 1 radical (unpaired) electrons. The van der Waals surface area contributed by atoms with Gasteiger partial charge in [0.25, 0.3) is 0 Å². The predicted molar refractivity (Wildman–Crippen MR) is 129 cm³/mol. The molecule has 1 aliphatic carbocycles. The molecule has 0 spiro atoms. The highest BCUT2D eigenvalue weighted by molar-refractivity contribution is 6.01. The minimum atomic E-state index is 0.448. The summed E-state index contributed by atoms with van der Waals surface area (Å²) in [5, 5.41) is 0. The third-order valence-electron chi connectivity index (χ3n) is 5.93. The van der Waals surface area contributed by atoms with Gasteiger partial charge in [-0.1, -0.05) is 111 Å². The number of allylic oxidation sites excluding steroid dienone is 1. The van der Waals surface area contributed by atoms with Crippen molar-refractivity contribution in [1.82, 2.24) is 0 Å². The van der Waals surface area contributed by atoms with Crippen molar-refractivity contribution in [2.24, 2.45) is 0 Å². The van der Waals surface area contributed by atoms with E-state index in [-0.39, 0.29) is 0 Å². The largest absolute Gasteiger partial charge is 0.0622 e. The Morgan fingerprint density at radius 2 is 1.17 bits per heavy atom. The molecular formula is C30H25. The fourth-order valence-corrected chi connectivity index (χ4v) is 4.45. The van der Waals surface area contributed by atoms with Gasteiger partial charge in [-0.15, -0.1) is 0 Å². The van der Waals surface area contributed by atoms with Crippen molar-refractivity contribution in [2.45, 2.75) is 19.8 Å². The quantitative estimate of drug-likeness (QED) is 0.332. The van der Waals surface area contributed by atoms with Crippen LogP contribution in [-0.4, -0.2) is 0 Å². The van der Waals surface area contributed by atoms with E-state index in [0.29, 0.717) is 5.92 Å². The molecule has 0 unspecified atom stereocenters. The van der Waals surface area contributed by atoms with E-state index in [1.807, 2.05) is 0 Å². The highest BCUT2D eigenvalue weighted by Gasteiger charge is 2.23. The highest BCUT2D eigenvalue weighted by atomic mass is 14.3. The van der Waals surface area contributed by atoms with Gasteiger partial charge in [0.05, 0.1) is 0 Å². The zero-order valence-corrected chi connectivity index (χ0v) is 17.5. The first kappa shape index (κ1) is 18.6. The molecule has 1 aliphatic rings. The van der Waals surface area contributed by atoms with Crippen molar-refractivity contribution in [3.63, 3.8) is 0 Å². The maximum absolute atomic E-state index is 2.37. The molecule has 145 valence electrons. The summed E-state index contributed by atoms with van der Waals surface area (Å²) in [5.74, 6) is 0.448. The second kappa shape index (κ2) is 7.80. The predicted octanol–water partition coefficient (Wildman–Crippen LogP) is 8.25. The van der Waals surface area contributed by atoms with Crippen molar-refractivity contribution >= 4 is 11.6 Å². The number of benzene rings is 4. The van der Waals surface area contributed by atoms with E-state index in [0.717, 1.165) is 0 Å². The normalized spacial score (nSPS) is 12.7. The summed E-state index contributed by atoms with van der Waals surface area (Å²) in [6.07, 6.45) is 4.69. The van der Waals surface area contributed by atoms with E-state index in [4.69, 9.17) is 0 Å². The Morgan fingerprint density at radius 1 is 0.567 bits per heavy atom. The summed E-state index contributed by atoms with van der Waals surface area (Å²) < 4.78 is 0. The van der Waals surface area contributed by atoms with Crippen LogP contribution in [0.1, 0.15) is 42.0 Å². The topological polar surface area (TPSA) is 0 Å². The first-order valence-electron chi connectivity index (χ1n) is 10.7. The molecule has 0 saturated heterocycles. The van der Waals surface area contributed by atoms with Crippen LogP contribution >= 0.6 is 0 Å². The fraction of sp³-hybridized carbons (Fsp3) is 0.100. The average molecular weight is 386 g/mol. The van der Waals surface area contributed by atoms with E-state index in [1.165, 1.54) is 50.1 Å². The highest BCUT2D eigenvalue weighted by Crippen LogP contribution is 2.45. The van der Waals surface area contributed by atoms with E-state index in [2.05, 4.69) is 123 Å². The third-order valence-corrected chi connectivity index (χ3v) is 5.93. The lowest BCUT2D eigenvalue weighted by molar-refractivity contribution is 0.868. The van der Waals surface area contributed by atoms with Crippen LogP contribution in [-0.2, 0) is 0 Å². The molecule has 0 saturated carbocycles. The minimum absolute atomic E-state index is 0.448. The Bertz CT molecular complexity index is 1210. The first-order valence-corrected chi connectivity index (χ1v) is 10.7. The van der Waals surface area contributed by atoms with E-state index >= 15 is 0 Å². The van der Waals surface area contributed by atoms with Crippen LogP contribution in [0.2, 0.25) is 0 Å². The maximum Gasteiger partial charge on any atom is 0.0211 e. The molecule has 0 atom stereocenters. The van der Waals surface area contributed by atoms with E-state index in [1.54, 1.807) is 0 Å². The first-order chi connectivity index (χ1) is 14.7. The Kier molecular flexibility index (Phi) is 4.85. The van der Waals surface area contributed by atoms with Gasteiger partial charge in [0.15, 0.2) is 0 Å². The molecule has 0 N–H and O–H groups in total. The van der Waals surface area contributed by atoms with Crippen LogP contribution < -0.4 is 0 Å². The van der Waals surface area contributed by atoms with Crippen LogP contribution in [0.15, 0.2) is 97.1 Å². The van der Waals surface area contributed by atoms with Gasteiger partial charge in [-0.25, -0.2) is 0 Å². The van der Waals surface area contributed by atoms with Gasteiger partial charge in [0.1, 0.15) is 0 Å². The van der Waals surface area contributed by atoms with Crippen LogP contribution in [0.25, 0.3) is 33.9 Å². The number of fused-ring (bicyclic) bond motifs is 1. The van der Waals surface area contributed by atoms with Crippen molar-refractivity contribution in [3.8, 4) is 22.3 Å². The van der Waals surface area contributed by atoms with Gasteiger partial charge >= 0.3 is 0 Å². The molecule has 0 aliphatic heterocycles. The molecule has 4 aromatic rings. The summed E-state index contributed by atoms with van der Waals surface area (Å²) in [6.45, 7) is 4.58. The van der Waals surface area contributed by atoms with Crippen molar-refractivity contribution < 1.29 is 0 Å². The van der Waals surface area contributed by atoms with Crippen LogP contribution in [0.5, 0.6) is 0 Å². The van der Waals surface area contributed by atoms with Crippen molar-refractivity contribution in [1.29, 1.82) is 0 Å². The van der Waals surface area contributed by atoms with Crippen molar-refractivity contribution in [3.05, 3.63) is 126 Å². The summed E-state index contributed by atoms with van der Waals surface area (Å²) in [6, 6.07) is 34.8. The smallest absolute Gasteiger partial charge is 0.0211 e. The summed E-state index contributed by atoms with van der Waals surface area (Å²) in [7, 11) is 0. The molecule has 5 rings (SSSR count). The van der Waals surface area contributed by atoms with Crippen LogP contribution in [0.3, 0.4) is 0 Å². The monoisotopic (exact) mass is 385 g/mol. The summed E-state index contributed by atoms with van der Waals surface area (Å²) in [4.78, 5) is 0. The zero-order valence-electron chi connectivity index (χ0n) is 17.5. The SMILES string of the molecule is CC(C)c1ccc2c(c1-c1ccccc1-c1ccccc1)C=C(c1ccccc1)[CH]2. The Hall–Kier alpha value is -3.38. The van der Waals surface area contributed by atoms with E-state index < -0.39 is 0 Å². The van der Waals surface area contributed by atoms with Gasteiger partial charge in [0.2, 0.25) is 0 Å². The second-order valence-electron chi connectivity index (χ2n) is 8.21.